The maximum Gasteiger partial charge on any atom is 0.235 e. The van der Waals surface area contributed by atoms with E-state index in [1.807, 2.05) is 24.4 Å². The van der Waals surface area contributed by atoms with Crippen molar-refractivity contribution in [2.24, 2.45) is 0 Å². The number of aryl methyl sites for hydroxylation is 1. The van der Waals surface area contributed by atoms with Crippen molar-refractivity contribution in [1.29, 1.82) is 0 Å². The van der Waals surface area contributed by atoms with E-state index in [0.29, 0.717) is 30.2 Å². The van der Waals surface area contributed by atoms with Gasteiger partial charge in [-0.15, -0.1) is 0 Å². The van der Waals surface area contributed by atoms with Crippen LogP contribution in [-0.2, 0) is 24.3 Å². The van der Waals surface area contributed by atoms with Gasteiger partial charge < -0.3 is 24.0 Å². The SMILES string of the molecule is C=CSNCC(=O)NCc1cnn(Cc2cc(OC)c3c(NSc4cc(CC)ccc4OC)noc3c2)c1. The molecular formula is C26H30N6O4S2. The Kier molecular flexibility index (Phi) is 9.57. The fourth-order valence-corrected chi connectivity index (χ4v) is 4.88. The molecule has 4 rings (SSSR count). The topological polar surface area (TPSA) is 115 Å². The van der Waals surface area contributed by atoms with E-state index in [4.69, 9.17) is 14.0 Å². The molecule has 3 N–H and O–H groups in total. The molecule has 0 aliphatic rings. The van der Waals surface area contributed by atoms with E-state index in [-0.39, 0.29) is 12.5 Å². The number of methoxy groups -OCH3 is 2. The Labute approximate surface area is 229 Å². The Morgan fingerprint density at radius 3 is 2.76 bits per heavy atom. The van der Waals surface area contributed by atoms with Crippen LogP contribution in [0.25, 0.3) is 11.0 Å². The van der Waals surface area contributed by atoms with Gasteiger partial charge in [-0.3, -0.25) is 14.2 Å². The first-order valence-corrected chi connectivity index (χ1v) is 13.6. The maximum atomic E-state index is 11.9. The first-order valence-electron chi connectivity index (χ1n) is 11.9. The minimum absolute atomic E-state index is 0.105. The van der Waals surface area contributed by atoms with Crippen molar-refractivity contribution >= 4 is 46.6 Å². The third-order valence-electron chi connectivity index (χ3n) is 5.63. The Morgan fingerprint density at radius 1 is 1.16 bits per heavy atom. The van der Waals surface area contributed by atoms with Gasteiger partial charge in [0.2, 0.25) is 5.91 Å². The molecule has 0 fully saturated rings. The lowest BCUT2D eigenvalue weighted by molar-refractivity contribution is -0.120. The summed E-state index contributed by atoms with van der Waals surface area (Å²) in [7, 11) is 3.27. The molecule has 4 aromatic rings. The van der Waals surface area contributed by atoms with Crippen molar-refractivity contribution in [3.63, 3.8) is 0 Å². The van der Waals surface area contributed by atoms with E-state index >= 15 is 0 Å². The van der Waals surface area contributed by atoms with E-state index in [9.17, 15) is 4.79 Å². The van der Waals surface area contributed by atoms with Crippen molar-refractivity contribution in [3.8, 4) is 11.5 Å². The summed E-state index contributed by atoms with van der Waals surface area (Å²) in [5.74, 6) is 1.88. The lowest BCUT2D eigenvalue weighted by atomic mass is 10.1. The summed E-state index contributed by atoms with van der Waals surface area (Å²) in [6.45, 7) is 6.79. The Morgan fingerprint density at radius 2 is 2.00 bits per heavy atom. The molecule has 2 aromatic heterocycles. The average Bonchev–Trinajstić information content (AvgIpc) is 3.56. The number of aromatic nitrogens is 3. The van der Waals surface area contributed by atoms with Crippen LogP contribution in [-0.4, -0.2) is 41.6 Å². The van der Waals surface area contributed by atoms with Gasteiger partial charge in [-0.05, 0) is 59.2 Å². The van der Waals surface area contributed by atoms with E-state index in [1.165, 1.54) is 29.5 Å². The van der Waals surface area contributed by atoms with Gasteiger partial charge in [0.1, 0.15) is 16.9 Å². The molecule has 38 heavy (non-hydrogen) atoms. The lowest BCUT2D eigenvalue weighted by Gasteiger charge is -2.11. The van der Waals surface area contributed by atoms with E-state index in [0.717, 1.165) is 33.6 Å². The second kappa shape index (κ2) is 13.3. The summed E-state index contributed by atoms with van der Waals surface area (Å²) in [5, 5.41) is 13.9. The number of rotatable bonds is 14. The van der Waals surface area contributed by atoms with Gasteiger partial charge >= 0.3 is 0 Å². The number of hydrogen-bond acceptors (Lipinski definition) is 10. The van der Waals surface area contributed by atoms with Crippen LogP contribution in [0.2, 0.25) is 0 Å². The van der Waals surface area contributed by atoms with Gasteiger partial charge in [0.15, 0.2) is 11.4 Å². The molecule has 1 amide bonds. The summed E-state index contributed by atoms with van der Waals surface area (Å²) >= 11 is 2.68. The number of amides is 1. The molecule has 200 valence electrons. The molecule has 0 saturated carbocycles. The molecule has 0 aliphatic heterocycles. The average molecular weight is 555 g/mol. The number of benzene rings is 2. The molecule has 0 saturated heterocycles. The van der Waals surface area contributed by atoms with E-state index in [2.05, 4.69) is 50.7 Å². The van der Waals surface area contributed by atoms with Gasteiger partial charge in [-0.2, -0.15) is 5.10 Å². The zero-order chi connectivity index (χ0) is 26.9. The number of nitrogens with zero attached hydrogens (tertiary/aromatic N) is 3. The van der Waals surface area contributed by atoms with Crippen LogP contribution in [0.4, 0.5) is 5.82 Å². The van der Waals surface area contributed by atoms with Crippen molar-refractivity contribution in [2.45, 2.75) is 31.3 Å². The predicted octanol–water partition coefficient (Wildman–Crippen LogP) is 4.77. The predicted molar refractivity (Wildman–Crippen MR) is 151 cm³/mol. The van der Waals surface area contributed by atoms with Crippen molar-refractivity contribution in [3.05, 3.63) is 71.4 Å². The van der Waals surface area contributed by atoms with Crippen LogP contribution in [0.5, 0.6) is 11.5 Å². The second-order valence-electron chi connectivity index (χ2n) is 8.17. The number of carbonyl (C=O) groups is 1. The lowest BCUT2D eigenvalue weighted by Crippen LogP contribution is -2.30. The molecule has 0 radical (unpaired) electrons. The molecule has 0 atom stereocenters. The highest BCUT2D eigenvalue weighted by atomic mass is 32.2. The highest BCUT2D eigenvalue weighted by Gasteiger charge is 2.17. The van der Waals surface area contributed by atoms with Crippen molar-refractivity contribution in [2.75, 3.05) is 25.5 Å². The molecule has 10 nitrogen and oxygen atoms in total. The van der Waals surface area contributed by atoms with Gasteiger partial charge in [-0.25, -0.2) is 0 Å². The fourth-order valence-electron chi connectivity index (χ4n) is 3.74. The van der Waals surface area contributed by atoms with Crippen molar-refractivity contribution < 1.29 is 18.8 Å². The molecule has 12 heteroatoms. The summed E-state index contributed by atoms with van der Waals surface area (Å²) in [4.78, 5) is 12.8. The summed E-state index contributed by atoms with van der Waals surface area (Å²) < 4.78 is 24.8. The number of carbonyl (C=O) groups excluding carboxylic acids is 1. The van der Waals surface area contributed by atoms with Crippen LogP contribution < -0.4 is 24.2 Å². The minimum Gasteiger partial charge on any atom is -0.496 e. The van der Waals surface area contributed by atoms with Gasteiger partial charge in [-0.1, -0.05) is 36.7 Å². The second-order valence-corrected chi connectivity index (χ2v) is 9.88. The Hall–Kier alpha value is -3.61. The highest BCUT2D eigenvalue weighted by Crippen LogP contribution is 2.37. The molecule has 0 spiro atoms. The molecule has 0 bridgehead atoms. The van der Waals surface area contributed by atoms with Crippen LogP contribution in [0.15, 0.2) is 64.1 Å². The van der Waals surface area contributed by atoms with Gasteiger partial charge in [0.05, 0.1) is 38.4 Å². The number of hydrogen-bond donors (Lipinski definition) is 3. The van der Waals surface area contributed by atoms with Crippen LogP contribution in [0.3, 0.4) is 0 Å². The summed E-state index contributed by atoms with van der Waals surface area (Å²) in [6.07, 6.45) is 4.56. The third kappa shape index (κ3) is 6.82. The third-order valence-corrected chi connectivity index (χ3v) is 6.94. The monoisotopic (exact) mass is 554 g/mol. The van der Waals surface area contributed by atoms with Gasteiger partial charge in [0.25, 0.3) is 0 Å². The number of fused-ring (bicyclic) bond motifs is 1. The molecule has 2 aromatic carbocycles. The van der Waals surface area contributed by atoms with E-state index in [1.54, 1.807) is 30.5 Å². The number of anilines is 1. The van der Waals surface area contributed by atoms with Crippen LogP contribution in [0, 0.1) is 0 Å². The summed E-state index contributed by atoms with van der Waals surface area (Å²) in [5.41, 5.74) is 3.65. The Balaban J connectivity index is 1.44. The van der Waals surface area contributed by atoms with Crippen molar-refractivity contribution in [1.82, 2.24) is 25.0 Å². The van der Waals surface area contributed by atoms with Crippen LogP contribution >= 0.6 is 23.9 Å². The molecule has 0 aliphatic carbocycles. The number of nitrogens with one attached hydrogen (secondary N) is 3. The maximum absolute atomic E-state index is 11.9. The van der Waals surface area contributed by atoms with E-state index < -0.39 is 0 Å². The van der Waals surface area contributed by atoms with Gasteiger partial charge in [0, 0.05) is 18.3 Å². The largest absolute Gasteiger partial charge is 0.496 e. The standard InChI is InChI=1S/C26H30N6O4S2/c1-5-17-7-8-20(34-3)23(11-17)38-31-26-25-21(35-4)9-18(10-22(25)36-30-26)15-32-16-19(13-28-32)12-27-24(33)14-29-37-6-2/h6-11,13,16,29H,2,5,12,14-15H2,1,3-4H3,(H,27,33)(H,30,31). The smallest absolute Gasteiger partial charge is 0.235 e. The summed E-state index contributed by atoms with van der Waals surface area (Å²) in [6, 6.07) is 9.98. The fraction of sp³-hybridized carbons (Fsp3) is 0.269. The highest BCUT2D eigenvalue weighted by molar-refractivity contribution is 8.00. The molecule has 2 heterocycles. The normalized spacial score (nSPS) is 10.9. The molecule has 0 unspecified atom stereocenters. The quantitative estimate of drug-likeness (QED) is 0.149. The van der Waals surface area contributed by atoms with Crippen LogP contribution in [0.1, 0.15) is 23.6 Å². The first-order chi connectivity index (χ1) is 18.5. The minimum atomic E-state index is -0.105. The molecular weight excluding hydrogens is 524 g/mol. The number of ether oxygens (including phenoxy) is 2. The zero-order valence-corrected chi connectivity index (χ0v) is 23.1. The zero-order valence-electron chi connectivity index (χ0n) is 21.4. The first kappa shape index (κ1) is 27.4. The Bertz CT molecular complexity index is 1400.